The molecule has 4 heteroatoms. The van der Waals surface area contributed by atoms with Crippen LogP contribution in [0.3, 0.4) is 0 Å². The average Bonchev–Trinajstić information content (AvgIpc) is 3.33. The molecule has 4 aliphatic rings. The highest BCUT2D eigenvalue weighted by Crippen LogP contribution is 2.42. The van der Waals surface area contributed by atoms with E-state index in [0.29, 0.717) is 0 Å². The van der Waals surface area contributed by atoms with Gasteiger partial charge in [0, 0.05) is 34.1 Å². The van der Waals surface area contributed by atoms with Gasteiger partial charge in [-0.3, -0.25) is 0 Å². The Hall–Kier alpha value is -7.29. The topological polar surface area (TPSA) is 6.48 Å². The summed E-state index contributed by atoms with van der Waals surface area (Å²) in [5.74, 6) is 0. The van der Waals surface area contributed by atoms with Crippen molar-refractivity contribution in [3.05, 3.63) is 249 Å². The van der Waals surface area contributed by atoms with Crippen LogP contribution in [0.4, 0.5) is 34.1 Å². The Morgan fingerprint density at radius 3 is 0.939 bits per heavy atom. The number of hydrogen-bond donors (Lipinski definition) is 0. The maximum Gasteiger partial charge on any atom is 0.242 e. The van der Waals surface area contributed by atoms with Crippen molar-refractivity contribution in [3.8, 4) is 0 Å². The van der Waals surface area contributed by atoms with E-state index in [4.69, 9.17) is 0 Å². The molecule has 2 nitrogen and oxygen atoms in total. The van der Waals surface area contributed by atoms with E-state index in [9.17, 15) is 0 Å². The smallest absolute Gasteiger partial charge is 0.242 e. The molecule has 314 valence electrons. The molecule has 4 heterocycles. The number of benzene rings is 9. The minimum Gasteiger partial charge on any atom is -0.310 e. The lowest BCUT2D eigenvalue weighted by atomic mass is 9.27. The first kappa shape index (κ1) is 39.1. The summed E-state index contributed by atoms with van der Waals surface area (Å²) in [6, 6.07) is 69.5. The first-order chi connectivity index (χ1) is 32.4. The van der Waals surface area contributed by atoms with Crippen LogP contribution in [0.2, 0.25) is 0 Å². The van der Waals surface area contributed by atoms with Crippen molar-refractivity contribution in [2.75, 3.05) is 9.80 Å². The van der Waals surface area contributed by atoms with E-state index in [0.717, 1.165) is 25.7 Å². The number of aryl methyl sites for hydroxylation is 4. The minimum absolute atomic E-state index is 0.187. The molecule has 0 aliphatic carbocycles. The quantitative estimate of drug-likeness (QED) is 0.154. The Bertz CT molecular complexity index is 3160. The second kappa shape index (κ2) is 15.1. The SMILES string of the molecule is Cc1ccccc1N(c1cc2c3c(c1)Cc1cc4c(cc1B3c1ccccc1C2)B1c2ccccc2Cc2cc(N(c3ccccc3C)c3ccccc3C)cc(c21)C4)c1ccccc1C. The van der Waals surface area contributed by atoms with Crippen molar-refractivity contribution in [1.29, 1.82) is 0 Å². The van der Waals surface area contributed by atoms with E-state index in [1.807, 2.05) is 0 Å². The van der Waals surface area contributed by atoms with Crippen molar-refractivity contribution in [2.24, 2.45) is 0 Å². The largest absolute Gasteiger partial charge is 0.310 e. The first-order valence-corrected chi connectivity index (χ1v) is 23.8. The zero-order valence-corrected chi connectivity index (χ0v) is 38.2. The molecule has 0 aromatic heterocycles. The van der Waals surface area contributed by atoms with Crippen molar-refractivity contribution >= 4 is 80.3 Å². The molecule has 4 aliphatic heterocycles. The number of hydrogen-bond acceptors (Lipinski definition) is 2. The van der Waals surface area contributed by atoms with Gasteiger partial charge in [0.15, 0.2) is 0 Å². The summed E-state index contributed by atoms with van der Waals surface area (Å²) in [6.45, 7) is 9.34. The van der Waals surface area contributed by atoms with Crippen LogP contribution in [0.1, 0.15) is 66.8 Å². The van der Waals surface area contributed by atoms with Crippen LogP contribution in [0, 0.1) is 27.7 Å². The lowest BCUT2D eigenvalue weighted by Crippen LogP contribution is -2.65. The molecule has 0 radical (unpaired) electrons. The van der Waals surface area contributed by atoms with E-state index >= 15 is 0 Å². The van der Waals surface area contributed by atoms with Gasteiger partial charge in [0.25, 0.3) is 0 Å². The number of fused-ring (bicyclic) bond motifs is 8. The van der Waals surface area contributed by atoms with Crippen LogP contribution in [-0.2, 0) is 25.7 Å². The van der Waals surface area contributed by atoms with E-state index in [1.165, 1.54) is 134 Å². The predicted molar refractivity (Wildman–Crippen MR) is 281 cm³/mol. The fraction of sp³-hybridized carbons (Fsp3) is 0.129. The van der Waals surface area contributed by atoms with Gasteiger partial charge in [-0.05, 0) is 169 Å². The Morgan fingerprint density at radius 2 is 0.591 bits per heavy atom. The predicted octanol–water partition coefficient (Wildman–Crippen LogP) is 10.5. The van der Waals surface area contributed by atoms with Gasteiger partial charge in [-0.1, -0.05) is 166 Å². The molecule has 0 amide bonds. The maximum absolute atomic E-state index is 2.69. The van der Waals surface area contributed by atoms with Crippen molar-refractivity contribution < 1.29 is 0 Å². The highest BCUT2D eigenvalue weighted by molar-refractivity contribution is 7.00. The molecule has 9 aromatic rings. The van der Waals surface area contributed by atoms with Crippen LogP contribution < -0.4 is 42.6 Å². The lowest BCUT2D eigenvalue weighted by Gasteiger charge is -2.39. The zero-order chi connectivity index (χ0) is 44.2. The Kier molecular flexibility index (Phi) is 8.97. The highest BCUT2D eigenvalue weighted by atomic mass is 15.2. The Labute approximate surface area is 390 Å². The summed E-state index contributed by atoms with van der Waals surface area (Å²) in [5, 5.41) is 0. The van der Waals surface area contributed by atoms with Crippen LogP contribution >= 0.6 is 0 Å². The normalized spacial score (nSPS) is 13.5. The monoisotopic (exact) mass is 844 g/mol. The van der Waals surface area contributed by atoms with E-state index < -0.39 is 0 Å². The molecule has 0 N–H and O–H groups in total. The average molecular weight is 845 g/mol. The molecular weight excluding hydrogens is 794 g/mol. The van der Waals surface area contributed by atoms with Crippen LogP contribution in [0.25, 0.3) is 0 Å². The molecule has 0 fully saturated rings. The number of anilines is 6. The summed E-state index contributed by atoms with van der Waals surface area (Å²) in [5.41, 5.74) is 33.1. The molecule has 0 saturated carbocycles. The van der Waals surface area contributed by atoms with Gasteiger partial charge in [-0.25, -0.2) is 0 Å². The summed E-state index contributed by atoms with van der Waals surface area (Å²) >= 11 is 0. The van der Waals surface area contributed by atoms with Gasteiger partial charge >= 0.3 is 0 Å². The van der Waals surface area contributed by atoms with Crippen molar-refractivity contribution in [1.82, 2.24) is 0 Å². The fourth-order valence-electron chi connectivity index (χ4n) is 12.5. The zero-order valence-electron chi connectivity index (χ0n) is 38.2. The van der Waals surface area contributed by atoms with E-state index in [-0.39, 0.29) is 13.4 Å². The maximum atomic E-state index is 2.69. The lowest BCUT2D eigenvalue weighted by molar-refractivity contribution is 1.11. The Balaban J connectivity index is 1.01. The fourth-order valence-corrected chi connectivity index (χ4v) is 12.5. The molecule has 13 rings (SSSR count). The molecule has 0 spiro atoms. The number of nitrogens with zero attached hydrogens (tertiary/aromatic N) is 2. The number of rotatable bonds is 6. The van der Waals surface area contributed by atoms with Gasteiger partial charge in [-0.15, -0.1) is 0 Å². The molecule has 66 heavy (non-hydrogen) atoms. The molecule has 0 atom stereocenters. The van der Waals surface area contributed by atoms with Gasteiger partial charge in [0.1, 0.15) is 0 Å². The summed E-state index contributed by atoms with van der Waals surface area (Å²) in [7, 11) is 0. The third-order valence-corrected chi connectivity index (χ3v) is 15.5. The van der Waals surface area contributed by atoms with Crippen molar-refractivity contribution in [3.63, 3.8) is 0 Å². The highest BCUT2D eigenvalue weighted by Gasteiger charge is 2.42. The van der Waals surface area contributed by atoms with Gasteiger partial charge in [-0.2, -0.15) is 0 Å². The van der Waals surface area contributed by atoms with Crippen LogP contribution in [0.5, 0.6) is 0 Å². The minimum atomic E-state index is 0.187. The van der Waals surface area contributed by atoms with Gasteiger partial charge in [0.05, 0.1) is 0 Å². The summed E-state index contributed by atoms with van der Waals surface area (Å²) in [4.78, 5) is 5.03. The molecule has 0 saturated heterocycles. The Morgan fingerprint density at radius 1 is 0.288 bits per heavy atom. The molecule has 9 aromatic carbocycles. The summed E-state index contributed by atoms with van der Waals surface area (Å²) in [6.07, 6.45) is 3.71. The first-order valence-electron chi connectivity index (χ1n) is 23.8. The second-order valence-electron chi connectivity index (χ2n) is 19.4. The van der Waals surface area contributed by atoms with E-state index in [2.05, 4.69) is 219 Å². The standard InChI is InChI=1S/C62H50B2N2/c1-39-17-5-13-25-57(39)65(58-26-14-6-18-40(58)2)51-34-47-29-43-21-9-11-23-53(43)63-55-38-56-46(31-45(55)32-49(36-51)61(47)63)33-50-37-52(35-48-30-44-22-10-12-24-54(44)64(56)62(48)50)66(59-27-15-7-19-41(59)3)60-28-16-8-20-42(60)4/h5-28,31,34-38H,29-30,32-33H2,1-4H3. The molecular formula is C62H50B2N2. The molecule has 0 unspecified atom stereocenters. The third kappa shape index (κ3) is 6.04. The van der Waals surface area contributed by atoms with Gasteiger partial charge < -0.3 is 9.80 Å². The van der Waals surface area contributed by atoms with E-state index in [1.54, 1.807) is 0 Å². The third-order valence-electron chi connectivity index (χ3n) is 15.5. The van der Waals surface area contributed by atoms with Crippen molar-refractivity contribution in [2.45, 2.75) is 53.4 Å². The van der Waals surface area contributed by atoms with Gasteiger partial charge in [0.2, 0.25) is 13.4 Å². The molecule has 0 bridgehead atoms. The van der Waals surface area contributed by atoms with Crippen LogP contribution in [0.15, 0.2) is 182 Å². The number of para-hydroxylation sites is 4. The second-order valence-corrected chi connectivity index (χ2v) is 19.4. The van der Waals surface area contributed by atoms with Crippen LogP contribution in [-0.4, -0.2) is 13.4 Å². The summed E-state index contributed by atoms with van der Waals surface area (Å²) < 4.78 is 0.